The molecule has 0 aliphatic carbocycles. The van der Waals surface area contributed by atoms with Crippen LogP contribution in [0.1, 0.15) is 31.9 Å². The quantitative estimate of drug-likeness (QED) is 0.920. The average molecular weight is 285 g/mol. The SMILES string of the molecule is COc1ccc2c(c1)OC(C)(C)CC2NS(C)(=O)=O. The van der Waals surface area contributed by atoms with Crippen LogP contribution >= 0.6 is 0 Å². The number of hydrogen-bond acceptors (Lipinski definition) is 4. The first-order valence-corrected chi connectivity index (χ1v) is 7.93. The van der Waals surface area contributed by atoms with E-state index < -0.39 is 15.6 Å². The Morgan fingerprint density at radius 2 is 2.11 bits per heavy atom. The molecule has 5 nitrogen and oxygen atoms in total. The number of ether oxygens (including phenoxy) is 2. The van der Waals surface area contributed by atoms with Crippen molar-refractivity contribution in [1.82, 2.24) is 4.72 Å². The first kappa shape index (κ1) is 14.1. The molecule has 19 heavy (non-hydrogen) atoms. The lowest BCUT2D eigenvalue weighted by Crippen LogP contribution is -2.41. The van der Waals surface area contributed by atoms with Crippen LogP contribution in [0.4, 0.5) is 0 Å². The highest BCUT2D eigenvalue weighted by Gasteiger charge is 2.35. The molecule has 1 heterocycles. The van der Waals surface area contributed by atoms with Crippen molar-refractivity contribution in [3.05, 3.63) is 23.8 Å². The maximum absolute atomic E-state index is 11.5. The van der Waals surface area contributed by atoms with Gasteiger partial charge in [0.05, 0.1) is 19.4 Å². The Balaban J connectivity index is 2.43. The van der Waals surface area contributed by atoms with Crippen LogP contribution in [-0.2, 0) is 10.0 Å². The lowest BCUT2D eigenvalue weighted by Gasteiger charge is -2.37. The van der Waals surface area contributed by atoms with Crippen LogP contribution in [0.25, 0.3) is 0 Å². The second-order valence-electron chi connectivity index (χ2n) is 5.41. The van der Waals surface area contributed by atoms with Crippen molar-refractivity contribution >= 4 is 10.0 Å². The van der Waals surface area contributed by atoms with Gasteiger partial charge in [-0.1, -0.05) is 6.07 Å². The highest BCUT2D eigenvalue weighted by Crippen LogP contribution is 2.41. The van der Waals surface area contributed by atoms with Crippen molar-refractivity contribution in [2.24, 2.45) is 0 Å². The fourth-order valence-corrected chi connectivity index (χ4v) is 3.05. The number of nitrogens with one attached hydrogen (secondary N) is 1. The molecule has 0 fully saturated rings. The van der Waals surface area contributed by atoms with Crippen LogP contribution < -0.4 is 14.2 Å². The normalized spacial score (nSPS) is 21.4. The predicted octanol–water partition coefficient (Wildman–Crippen LogP) is 1.85. The summed E-state index contributed by atoms with van der Waals surface area (Å²) in [5.74, 6) is 1.35. The van der Waals surface area contributed by atoms with Crippen LogP contribution in [0.3, 0.4) is 0 Å². The van der Waals surface area contributed by atoms with E-state index in [1.807, 2.05) is 19.9 Å². The number of benzene rings is 1. The van der Waals surface area contributed by atoms with Crippen LogP contribution in [0.2, 0.25) is 0 Å². The Morgan fingerprint density at radius 3 is 2.68 bits per heavy atom. The van der Waals surface area contributed by atoms with Gasteiger partial charge in [0.1, 0.15) is 17.1 Å². The van der Waals surface area contributed by atoms with Gasteiger partial charge in [-0.05, 0) is 19.9 Å². The number of rotatable bonds is 3. The summed E-state index contributed by atoms with van der Waals surface area (Å²) in [7, 11) is -1.68. The number of fused-ring (bicyclic) bond motifs is 1. The van der Waals surface area contributed by atoms with E-state index in [0.717, 1.165) is 5.56 Å². The molecule has 1 aliphatic rings. The summed E-state index contributed by atoms with van der Waals surface area (Å²) in [5.41, 5.74) is 0.410. The van der Waals surface area contributed by atoms with E-state index in [0.29, 0.717) is 17.9 Å². The highest BCUT2D eigenvalue weighted by atomic mass is 32.2. The average Bonchev–Trinajstić information content (AvgIpc) is 2.24. The van der Waals surface area contributed by atoms with E-state index >= 15 is 0 Å². The number of methoxy groups -OCH3 is 1. The molecule has 0 aromatic heterocycles. The van der Waals surface area contributed by atoms with Gasteiger partial charge >= 0.3 is 0 Å². The summed E-state index contributed by atoms with van der Waals surface area (Å²) < 4.78 is 36.6. The van der Waals surface area contributed by atoms with Crippen molar-refractivity contribution in [3.8, 4) is 11.5 Å². The summed E-state index contributed by atoms with van der Waals surface area (Å²) in [4.78, 5) is 0. The monoisotopic (exact) mass is 285 g/mol. The Bertz CT molecular complexity index is 580. The van der Waals surface area contributed by atoms with Gasteiger partial charge in [-0.15, -0.1) is 0 Å². The van der Waals surface area contributed by atoms with E-state index in [4.69, 9.17) is 9.47 Å². The number of hydrogen-bond donors (Lipinski definition) is 1. The molecule has 0 saturated carbocycles. The van der Waals surface area contributed by atoms with E-state index in [9.17, 15) is 8.42 Å². The summed E-state index contributed by atoms with van der Waals surface area (Å²) >= 11 is 0. The molecular weight excluding hydrogens is 266 g/mol. The Kier molecular flexibility index (Phi) is 3.49. The van der Waals surface area contributed by atoms with Gasteiger partial charge in [0.25, 0.3) is 0 Å². The molecule has 1 aromatic rings. The van der Waals surface area contributed by atoms with E-state index in [1.165, 1.54) is 6.26 Å². The minimum Gasteiger partial charge on any atom is -0.497 e. The number of sulfonamides is 1. The molecule has 0 saturated heterocycles. The molecule has 1 atom stereocenters. The zero-order valence-corrected chi connectivity index (χ0v) is 12.4. The van der Waals surface area contributed by atoms with Crippen molar-refractivity contribution < 1.29 is 17.9 Å². The summed E-state index contributed by atoms with van der Waals surface area (Å²) in [6.07, 6.45) is 1.75. The third-order valence-electron chi connectivity index (χ3n) is 3.03. The molecule has 0 bridgehead atoms. The Hall–Kier alpha value is -1.27. The minimum atomic E-state index is -3.27. The molecule has 0 amide bonds. The Labute approximate surface area is 114 Å². The largest absolute Gasteiger partial charge is 0.497 e. The smallest absolute Gasteiger partial charge is 0.209 e. The zero-order chi connectivity index (χ0) is 14.3. The lowest BCUT2D eigenvalue weighted by atomic mass is 9.90. The van der Waals surface area contributed by atoms with Crippen LogP contribution in [0, 0.1) is 0 Å². The van der Waals surface area contributed by atoms with Gasteiger partial charge < -0.3 is 9.47 Å². The van der Waals surface area contributed by atoms with Gasteiger partial charge in [-0.2, -0.15) is 0 Å². The maximum atomic E-state index is 11.5. The molecule has 0 radical (unpaired) electrons. The van der Waals surface area contributed by atoms with Crippen molar-refractivity contribution in [3.63, 3.8) is 0 Å². The van der Waals surface area contributed by atoms with Crippen molar-refractivity contribution in [2.45, 2.75) is 31.9 Å². The predicted molar refractivity (Wildman–Crippen MR) is 73.0 cm³/mol. The van der Waals surface area contributed by atoms with Gasteiger partial charge in [0, 0.05) is 18.1 Å². The van der Waals surface area contributed by atoms with Crippen LogP contribution in [0.5, 0.6) is 11.5 Å². The van der Waals surface area contributed by atoms with Gasteiger partial charge in [0.2, 0.25) is 10.0 Å². The molecule has 1 aromatic carbocycles. The maximum Gasteiger partial charge on any atom is 0.209 e. The summed E-state index contributed by atoms with van der Waals surface area (Å²) in [6, 6.07) is 5.15. The molecule has 0 spiro atoms. The molecule has 1 N–H and O–H groups in total. The Morgan fingerprint density at radius 1 is 1.42 bits per heavy atom. The second-order valence-corrected chi connectivity index (χ2v) is 7.19. The summed E-state index contributed by atoms with van der Waals surface area (Å²) in [6.45, 7) is 3.87. The topological polar surface area (TPSA) is 64.6 Å². The standard InChI is InChI=1S/C13H19NO4S/c1-13(2)8-11(14-19(4,15)16)10-6-5-9(17-3)7-12(10)18-13/h5-7,11,14H,8H2,1-4H3. The van der Waals surface area contributed by atoms with Gasteiger partial charge in [-0.25, -0.2) is 13.1 Å². The molecule has 106 valence electrons. The highest BCUT2D eigenvalue weighted by molar-refractivity contribution is 7.88. The van der Waals surface area contributed by atoms with Crippen LogP contribution in [0.15, 0.2) is 18.2 Å². The second kappa shape index (κ2) is 4.68. The van der Waals surface area contributed by atoms with E-state index in [2.05, 4.69) is 4.72 Å². The summed E-state index contributed by atoms with van der Waals surface area (Å²) in [5, 5.41) is 0. The lowest BCUT2D eigenvalue weighted by molar-refractivity contribution is 0.0699. The van der Waals surface area contributed by atoms with Gasteiger partial charge in [-0.3, -0.25) is 0 Å². The fourth-order valence-electron chi connectivity index (χ4n) is 2.32. The fraction of sp³-hybridized carbons (Fsp3) is 0.538. The zero-order valence-electron chi connectivity index (χ0n) is 11.6. The van der Waals surface area contributed by atoms with Crippen molar-refractivity contribution in [2.75, 3.05) is 13.4 Å². The molecule has 1 unspecified atom stereocenters. The molecular formula is C13H19NO4S. The first-order chi connectivity index (χ1) is 8.70. The minimum absolute atomic E-state index is 0.278. The van der Waals surface area contributed by atoms with Crippen molar-refractivity contribution in [1.29, 1.82) is 0 Å². The third-order valence-corrected chi connectivity index (χ3v) is 3.75. The first-order valence-electron chi connectivity index (χ1n) is 6.04. The molecule has 2 rings (SSSR count). The van der Waals surface area contributed by atoms with E-state index in [-0.39, 0.29) is 6.04 Å². The van der Waals surface area contributed by atoms with E-state index in [1.54, 1.807) is 19.2 Å². The molecule has 1 aliphatic heterocycles. The van der Waals surface area contributed by atoms with Crippen LogP contribution in [-0.4, -0.2) is 27.4 Å². The van der Waals surface area contributed by atoms with Gasteiger partial charge in [0.15, 0.2) is 0 Å². The molecule has 6 heteroatoms. The third kappa shape index (κ3) is 3.39.